The van der Waals surface area contributed by atoms with Gasteiger partial charge >= 0.3 is 6.09 Å². The number of amides is 3. The molecule has 0 aromatic heterocycles. The van der Waals surface area contributed by atoms with Crippen LogP contribution in [0.2, 0.25) is 0 Å². The number of anilines is 1. The van der Waals surface area contributed by atoms with Crippen molar-refractivity contribution < 1.29 is 29.0 Å². The Morgan fingerprint density at radius 1 is 1.02 bits per heavy atom. The van der Waals surface area contributed by atoms with Crippen LogP contribution in [0, 0.1) is 0 Å². The first-order valence-electron chi connectivity index (χ1n) is 14.6. The highest BCUT2D eigenvalue weighted by Crippen LogP contribution is 2.29. The molecule has 9 heteroatoms. The molecule has 3 unspecified atom stereocenters. The summed E-state index contributed by atoms with van der Waals surface area (Å²) >= 11 is 0. The molecule has 0 aliphatic carbocycles. The number of methoxy groups -OCH3 is 1. The zero-order valence-corrected chi connectivity index (χ0v) is 26.3. The lowest BCUT2D eigenvalue weighted by atomic mass is 9.96. The summed E-state index contributed by atoms with van der Waals surface area (Å²) in [6.45, 7) is 12.9. The van der Waals surface area contributed by atoms with Gasteiger partial charge in [0.15, 0.2) is 0 Å². The summed E-state index contributed by atoms with van der Waals surface area (Å²) in [4.78, 5) is 43.3. The molecule has 0 heterocycles. The van der Waals surface area contributed by atoms with Gasteiger partial charge in [-0.25, -0.2) is 4.79 Å². The lowest BCUT2D eigenvalue weighted by Crippen LogP contribution is -2.55. The fourth-order valence-corrected chi connectivity index (χ4v) is 4.67. The fraction of sp³-hybridized carbons (Fsp3) is 0.343. The third-order valence-electron chi connectivity index (χ3n) is 7.03. The number of carbonyl (C=O) groups excluding carboxylic acids is 3. The van der Waals surface area contributed by atoms with Gasteiger partial charge in [0.2, 0.25) is 5.91 Å². The van der Waals surface area contributed by atoms with E-state index in [1.807, 2.05) is 32.0 Å². The molecule has 0 fully saturated rings. The van der Waals surface area contributed by atoms with Crippen LogP contribution in [0.25, 0.3) is 6.08 Å². The van der Waals surface area contributed by atoms with E-state index in [1.165, 1.54) is 17.0 Å². The van der Waals surface area contributed by atoms with Gasteiger partial charge < -0.3 is 30.1 Å². The third-order valence-corrected chi connectivity index (χ3v) is 7.03. The first kappa shape index (κ1) is 33.7. The van der Waals surface area contributed by atoms with E-state index in [4.69, 9.17) is 9.47 Å². The van der Waals surface area contributed by atoms with E-state index in [-0.39, 0.29) is 12.2 Å². The number of carbonyl (C=O) groups is 3. The van der Waals surface area contributed by atoms with E-state index < -0.39 is 41.6 Å². The van der Waals surface area contributed by atoms with Crippen molar-refractivity contribution in [2.24, 2.45) is 0 Å². The number of ether oxygens (including phenoxy) is 2. The summed E-state index contributed by atoms with van der Waals surface area (Å²) < 4.78 is 10.7. The Kier molecular flexibility index (Phi) is 11.6. The predicted molar refractivity (Wildman–Crippen MR) is 172 cm³/mol. The molecule has 3 aromatic carbocycles. The second-order valence-electron chi connectivity index (χ2n) is 11.6. The standard InChI is InChI=1S/C35H43N3O6/c1-8-23(3)38(33(41)30(37-34(42)44-35(4,5)6)22-25-13-17-28(39)18-14-25)31(26-12-10-11-24(9-2)21-26)32(40)36-27-15-19-29(43-7)20-16-27/h9-21,23,30-31,39H,2,8,22H2,1,3-7H3,(H,36,40)(H,37,42). The molecule has 0 aliphatic rings. The number of hydrogen-bond acceptors (Lipinski definition) is 6. The van der Waals surface area contributed by atoms with Gasteiger partial charge in [0, 0.05) is 18.2 Å². The highest BCUT2D eigenvalue weighted by atomic mass is 16.6. The minimum Gasteiger partial charge on any atom is -0.508 e. The van der Waals surface area contributed by atoms with Crippen LogP contribution in [-0.4, -0.2) is 52.7 Å². The van der Waals surface area contributed by atoms with Crippen molar-refractivity contribution in [1.29, 1.82) is 0 Å². The smallest absolute Gasteiger partial charge is 0.408 e. The summed E-state index contributed by atoms with van der Waals surface area (Å²) in [5, 5.41) is 15.5. The maximum Gasteiger partial charge on any atom is 0.408 e. The normalized spacial score (nSPS) is 13.1. The molecule has 44 heavy (non-hydrogen) atoms. The van der Waals surface area contributed by atoms with Crippen LogP contribution in [0.3, 0.4) is 0 Å². The molecule has 0 bridgehead atoms. The van der Waals surface area contributed by atoms with Crippen LogP contribution >= 0.6 is 0 Å². The fourth-order valence-electron chi connectivity index (χ4n) is 4.67. The van der Waals surface area contributed by atoms with Gasteiger partial charge in [-0.15, -0.1) is 0 Å². The molecule has 234 valence electrons. The predicted octanol–water partition coefficient (Wildman–Crippen LogP) is 6.49. The lowest BCUT2D eigenvalue weighted by Gasteiger charge is -2.38. The average Bonchev–Trinajstić information content (AvgIpc) is 2.99. The number of hydrogen-bond donors (Lipinski definition) is 3. The molecular formula is C35H43N3O6. The Labute approximate surface area is 259 Å². The van der Waals surface area contributed by atoms with Crippen molar-refractivity contribution in [1.82, 2.24) is 10.2 Å². The van der Waals surface area contributed by atoms with Gasteiger partial charge in [0.25, 0.3) is 5.91 Å². The van der Waals surface area contributed by atoms with Crippen molar-refractivity contribution in [3.63, 3.8) is 0 Å². The topological polar surface area (TPSA) is 117 Å². The van der Waals surface area contributed by atoms with Gasteiger partial charge in [-0.05, 0) is 93.3 Å². The summed E-state index contributed by atoms with van der Waals surface area (Å²) in [6.07, 6.45) is 1.56. The SMILES string of the molecule is C=Cc1cccc(C(C(=O)Nc2ccc(OC)cc2)N(C(=O)C(Cc2ccc(O)cc2)NC(=O)OC(C)(C)C)C(C)CC)c1. The van der Waals surface area contributed by atoms with Crippen LogP contribution in [0.1, 0.15) is 63.8 Å². The third kappa shape index (κ3) is 9.36. The zero-order valence-electron chi connectivity index (χ0n) is 26.3. The van der Waals surface area contributed by atoms with E-state index >= 15 is 0 Å². The van der Waals surface area contributed by atoms with Crippen molar-refractivity contribution in [2.75, 3.05) is 12.4 Å². The van der Waals surface area contributed by atoms with Crippen LogP contribution < -0.4 is 15.4 Å². The largest absolute Gasteiger partial charge is 0.508 e. The molecule has 0 spiro atoms. The van der Waals surface area contributed by atoms with Crippen molar-refractivity contribution in [2.45, 2.75) is 71.2 Å². The molecule has 3 rings (SSSR count). The molecule has 9 nitrogen and oxygen atoms in total. The highest BCUT2D eigenvalue weighted by molar-refractivity contribution is 5.99. The first-order chi connectivity index (χ1) is 20.8. The summed E-state index contributed by atoms with van der Waals surface area (Å²) in [6, 6.07) is 18.1. The molecule has 0 aliphatic heterocycles. The first-order valence-corrected chi connectivity index (χ1v) is 14.6. The minimum atomic E-state index is -1.08. The van der Waals surface area contributed by atoms with Gasteiger partial charge in [-0.1, -0.05) is 49.9 Å². The lowest BCUT2D eigenvalue weighted by molar-refractivity contribution is -0.143. The highest BCUT2D eigenvalue weighted by Gasteiger charge is 2.38. The quantitative estimate of drug-likeness (QED) is 0.219. The number of alkyl carbamates (subject to hydrolysis) is 1. The molecule has 0 saturated heterocycles. The Bertz CT molecular complexity index is 1430. The van der Waals surface area contributed by atoms with Crippen LogP contribution in [0.4, 0.5) is 10.5 Å². The molecule has 3 atom stereocenters. The Morgan fingerprint density at radius 2 is 1.68 bits per heavy atom. The van der Waals surface area contributed by atoms with Crippen molar-refractivity contribution in [3.8, 4) is 11.5 Å². The molecule has 3 amide bonds. The summed E-state index contributed by atoms with van der Waals surface area (Å²) in [7, 11) is 1.56. The molecular weight excluding hydrogens is 558 g/mol. The second kappa shape index (κ2) is 15.1. The number of nitrogens with one attached hydrogen (secondary N) is 2. The maximum atomic E-state index is 14.6. The summed E-state index contributed by atoms with van der Waals surface area (Å²) in [5.74, 6) is -0.168. The minimum absolute atomic E-state index is 0.0790. The molecule has 0 radical (unpaired) electrons. The van der Waals surface area contributed by atoms with Crippen LogP contribution in [-0.2, 0) is 20.7 Å². The van der Waals surface area contributed by atoms with E-state index in [0.717, 1.165) is 5.56 Å². The number of nitrogens with zero attached hydrogens (tertiary/aromatic N) is 1. The zero-order chi connectivity index (χ0) is 32.4. The number of phenols is 1. The number of phenolic OH excluding ortho intramolecular Hbond substituents is 1. The Balaban J connectivity index is 2.10. The molecule has 0 saturated carbocycles. The van der Waals surface area contributed by atoms with Crippen LogP contribution in [0.5, 0.6) is 11.5 Å². The summed E-state index contributed by atoms with van der Waals surface area (Å²) in [5.41, 5.74) is 1.81. The Hall–Kier alpha value is -4.79. The van der Waals surface area contributed by atoms with Crippen molar-refractivity contribution >= 4 is 29.7 Å². The van der Waals surface area contributed by atoms with E-state index in [0.29, 0.717) is 29.0 Å². The van der Waals surface area contributed by atoms with E-state index in [2.05, 4.69) is 17.2 Å². The number of aromatic hydroxyl groups is 1. The van der Waals surface area contributed by atoms with Gasteiger partial charge in [0.05, 0.1) is 7.11 Å². The van der Waals surface area contributed by atoms with E-state index in [9.17, 15) is 19.5 Å². The van der Waals surface area contributed by atoms with Gasteiger partial charge in [0.1, 0.15) is 29.2 Å². The number of rotatable bonds is 12. The van der Waals surface area contributed by atoms with Gasteiger partial charge in [-0.3, -0.25) is 9.59 Å². The number of benzene rings is 3. The van der Waals surface area contributed by atoms with Crippen LogP contribution in [0.15, 0.2) is 79.4 Å². The molecule has 3 N–H and O–H groups in total. The molecule has 3 aromatic rings. The van der Waals surface area contributed by atoms with Crippen molar-refractivity contribution in [3.05, 3.63) is 96.1 Å². The Morgan fingerprint density at radius 3 is 2.25 bits per heavy atom. The van der Waals surface area contributed by atoms with E-state index in [1.54, 1.807) is 76.4 Å². The average molecular weight is 602 g/mol. The maximum absolute atomic E-state index is 14.6. The van der Waals surface area contributed by atoms with Gasteiger partial charge in [-0.2, -0.15) is 0 Å². The monoisotopic (exact) mass is 601 g/mol. The second-order valence-corrected chi connectivity index (χ2v) is 11.6.